The lowest BCUT2D eigenvalue weighted by Crippen LogP contribution is -2.36. The first-order valence-corrected chi connectivity index (χ1v) is 7.10. The molecule has 0 unspecified atom stereocenters. The minimum absolute atomic E-state index is 0.141. The van der Waals surface area contributed by atoms with Crippen molar-refractivity contribution in [3.63, 3.8) is 0 Å². The molecule has 1 aliphatic heterocycles. The molecule has 1 aromatic rings. The molecule has 3 nitrogen and oxygen atoms in total. The number of amides is 1. The first-order chi connectivity index (χ1) is 9.31. The first kappa shape index (κ1) is 13.8. The molecule has 2 rings (SSSR count). The van der Waals surface area contributed by atoms with E-state index in [0.717, 1.165) is 44.9 Å². The predicted octanol–water partition coefficient (Wildman–Crippen LogP) is 2.59. The smallest absolute Gasteiger partial charge is 0.223 e. The van der Waals surface area contributed by atoms with Crippen LogP contribution in [0.1, 0.15) is 37.7 Å². The van der Waals surface area contributed by atoms with Gasteiger partial charge in [-0.2, -0.15) is 0 Å². The standard InChI is InChI=1S/C16H21NO2/c18-13-15-10-6-12-17(15)16(19)11-5-4-9-14-7-2-1-3-8-14/h1-3,7-8,13,15H,4-6,9-12H2/t15-/m0/s1. The van der Waals surface area contributed by atoms with Crippen LogP contribution in [0, 0.1) is 0 Å². The van der Waals surface area contributed by atoms with Gasteiger partial charge in [-0.3, -0.25) is 4.79 Å². The largest absolute Gasteiger partial charge is 0.333 e. The Labute approximate surface area is 114 Å². The van der Waals surface area contributed by atoms with Crippen LogP contribution in [0.3, 0.4) is 0 Å². The van der Waals surface area contributed by atoms with E-state index in [1.807, 2.05) is 18.2 Å². The van der Waals surface area contributed by atoms with Crippen LogP contribution in [0.4, 0.5) is 0 Å². The Morgan fingerprint density at radius 1 is 1.26 bits per heavy atom. The van der Waals surface area contributed by atoms with Gasteiger partial charge in [0.15, 0.2) is 0 Å². The summed E-state index contributed by atoms with van der Waals surface area (Å²) < 4.78 is 0. The van der Waals surface area contributed by atoms with Crippen molar-refractivity contribution < 1.29 is 9.59 Å². The monoisotopic (exact) mass is 259 g/mol. The van der Waals surface area contributed by atoms with Crippen molar-refractivity contribution in [1.82, 2.24) is 4.90 Å². The number of nitrogens with zero attached hydrogens (tertiary/aromatic N) is 1. The second kappa shape index (κ2) is 7.07. The van der Waals surface area contributed by atoms with Gasteiger partial charge >= 0.3 is 0 Å². The van der Waals surface area contributed by atoms with Crippen LogP contribution in [0.5, 0.6) is 0 Å². The lowest BCUT2D eigenvalue weighted by molar-refractivity contribution is -0.134. The topological polar surface area (TPSA) is 37.4 Å². The molecule has 0 spiro atoms. The quantitative estimate of drug-likeness (QED) is 0.581. The molecule has 3 heteroatoms. The number of carbonyl (C=O) groups excluding carboxylic acids is 2. The fourth-order valence-corrected chi connectivity index (χ4v) is 2.64. The fourth-order valence-electron chi connectivity index (χ4n) is 2.64. The molecule has 1 amide bonds. The number of benzene rings is 1. The highest BCUT2D eigenvalue weighted by atomic mass is 16.2. The van der Waals surface area contributed by atoms with Crippen molar-refractivity contribution >= 4 is 12.2 Å². The Bertz CT molecular complexity index is 416. The summed E-state index contributed by atoms with van der Waals surface area (Å²) in [6.45, 7) is 0.751. The van der Waals surface area contributed by atoms with Gasteiger partial charge in [0.2, 0.25) is 5.91 Å². The molecule has 1 heterocycles. The predicted molar refractivity (Wildman–Crippen MR) is 74.8 cm³/mol. The van der Waals surface area contributed by atoms with E-state index >= 15 is 0 Å². The molecule has 19 heavy (non-hydrogen) atoms. The van der Waals surface area contributed by atoms with Crippen molar-refractivity contribution in [3.05, 3.63) is 35.9 Å². The van der Waals surface area contributed by atoms with E-state index in [4.69, 9.17) is 0 Å². The van der Waals surface area contributed by atoms with Gasteiger partial charge in [0.05, 0.1) is 6.04 Å². The molecular weight excluding hydrogens is 238 g/mol. The number of likely N-dealkylation sites (tertiary alicyclic amines) is 1. The van der Waals surface area contributed by atoms with Gasteiger partial charge in [0.25, 0.3) is 0 Å². The zero-order chi connectivity index (χ0) is 13.5. The molecule has 1 atom stereocenters. The summed E-state index contributed by atoms with van der Waals surface area (Å²) in [7, 11) is 0. The molecular formula is C16H21NO2. The molecule has 1 aliphatic rings. The van der Waals surface area contributed by atoms with Gasteiger partial charge in [0.1, 0.15) is 6.29 Å². The average molecular weight is 259 g/mol. The number of aldehydes is 1. The lowest BCUT2D eigenvalue weighted by Gasteiger charge is -2.20. The van der Waals surface area contributed by atoms with Gasteiger partial charge in [-0.25, -0.2) is 0 Å². The Hall–Kier alpha value is -1.64. The number of hydrogen-bond donors (Lipinski definition) is 0. The Morgan fingerprint density at radius 2 is 2.05 bits per heavy atom. The number of rotatable bonds is 6. The fraction of sp³-hybridized carbons (Fsp3) is 0.500. The summed E-state index contributed by atoms with van der Waals surface area (Å²) in [6, 6.07) is 10.2. The van der Waals surface area contributed by atoms with Crippen LogP contribution in [0.15, 0.2) is 30.3 Å². The Kier molecular flexibility index (Phi) is 5.13. The highest BCUT2D eigenvalue weighted by Gasteiger charge is 2.27. The third-order valence-corrected chi connectivity index (χ3v) is 3.73. The Balaban J connectivity index is 1.68. The molecule has 102 valence electrons. The molecule has 0 bridgehead atoms. The van der Waals surface area contributed by atoms with Crippen LogP contribution in [-0.4, -0.2) is 29.7 Å². The highest BCUT2D eigenvalue weighted by molar-refractivity contribution is 5.80. The van der Waals surface area contributed by atoms with E-state index in [9.17, 15) is 9.59 Å². The van der Waals surface area contributed by atoms with Crippen molar-refractivity contribution in [2.24, 2.45) is 0 Å². The van der Waals surface area contributed by atoms with E-state index in [2.05, 4.69) is 12.1 Å². The van der Waals surface area contributed by atoms with E-state index in [1.54, 1.807) is 4.90 Å². The second-order valence-corrected chi connectivity index (χ2v) is 5.13. The number of carbonyl (C=O) groups is 2. The molecule has 0 aliphatic carbocycles. The zero-order valence-electron chi connectivity index (χ0n) is 11.3. The number of aryl methyl sites for hydroxylation is 1. The summed E-state index contributed by atoms with van der Waals surface area (Å²) in [4.78, 5) is 24.6. The molecule has 0 N–H and O–H groups in total. The van der Waals surface area contributed by atoms with Crippen molar-refractivity contribution in [1.29, 1.82) is 0 Å². The van der Waals surface area contributed by atoms with Gasteiger partial charge in [-0.15, -0.1) is 0 Å². The number of unbranched alkanes of at least 4 members (excludes halogenated alkanes) is 1. The van der Waals surface area contributed by atoms with Crippen molar-refractivity contribution in [2.45, 2.75) is 44.6 Å². The van der Waals surface area contributed by atoms with Crippen LogP contribution in [0.2, 0.25) is 0 Å². The van der Waals surface area contributed by atoms with E-state index in [0.29, 0.717) is 6.42 Å². The summed E-state index contributed by atoms with van der Waals surface area (Å²) in [5, 5.41) is 0. The molecule has 1 fully saturated rings. The van der Waals surface area contributed by atoms with Gasteiger partial charge in [0, 0.05) is 13.0 Å². The lowest BCUT2D eigenvalue weighted by atomic mass is 10.1. The van der Waals surface area contributed by atoms with Gasteiger partial charge < -0.3 is 9.69 Å². The van der Waals surface area contributed by atoms with Crippen LogP contribution in [-0.2, 0) is 16.0 Å². The minimum Gasteiger partial charge on any atom is -0.333 e. The number of hydrogen-bond acceptors (Lipinski definition) is 2. The molecule has 0 radical (unpaired) electrons. The van der Waals surface area contributed by atoms with Crippen LogP contribution < -0.4 is 0 Å². The van der Waals surface area contributed by atoms with Gasteiger partial charge in [-0.1, -0.05) is 30.3 Å². The highest BCUT2D eigenvalue weighted by Crippen LogP contribution is 2.17. The van der Waals surface area contributed by atoms with E-state index in [1.165, 1.54) is 5.56 Å². The minimum atomic E-state index is -0.165. The molecule has 1 saturated heterocycles. The molecule has 0 saturated carbocycles. The van der Waals surface area contributed by atoms with Crippen molar-refractivity contribution in [2.75, 3.05) is 6.54 Å². The van der Waals surface area contributed by atoms with Crippen molar-refractivity contribution in [3.8, 4) is 0 Å². The zero-order valence-corrected chi connectivity index (χ0v) is 11.3. The SMILES string of the molecule is O=C[C@@H]1CCCN1C(=O)CCCCc1ccccc1. The molecule has 0 aromatic heterocycles. The normalized spacial score (nSPS) is 18.5. The summed E-state index contributed by atoms with van der Waals surface area (Å²) in [5.74, 6) is 0.141. The summed E-state index contributed by atoms with van der Waals surface area (Å²) in [6.07, 6.45) is 6.21. The Morgan fingerprint density at radius 3 is 2.79 bits per heavy atom. The average Bonchev–Trinajstić information content (AvgIpc) is 2.93. The van der Waals surface area contributed by atoms with Crippen LogP contribution in [0.25, 0.3) is 0 Å². The second-order valence-electron chi connectivity index (χ2n) is 5.13. The maximum Gasteiger partial charge on any atom is 0.223 e. The summed E-state index contributed by atoms with van der Waals surface area (Å²) >= 11 is 0. The molecule has 1 aromatic carbocycles. The van der Waals surface area contributed by atoms with Gasteiger partial charge in [-0.05, 0) is 37.7 Å². The maximum absolute atomic E-state index is 12.0. The third kappa shape index (κ3) is 3.91. The third-order valence-electron chi connectivity index (χ3n) is 3.73. The van der Waals surface area contributed by atoms with Crippen LogP contribution >= 0.6 is 0 Å². The van der Waals surface area contributed by atoms with E-state index in [-0.39, 0.29) is 11.9 Å². The first-order valence-electron chi connectivity index (χ1n) is 7.10. The van der Waals surface area contributed by atoms with E-state index < -0.39 is 0 Å². The summed E-state index contributed by atoms with van der Waals surface area (Å²) in [5.41, 5.74) is 1.32. The maximum atomic E-state index is 12.0.